The van der Waals surface area contributed by atoms with Crippen LogP contribution < -0.4 is 0 Å². The Hall–Kier alpha value is -3.38. The number of hydrogen-bond donors (Lipinski definition) is 1. The first kappa shape index (κ1) is 33.1. The molecule has 0 bridgehead atoms. The van der Waals surface area contributed by atoms with Gasteiger partial charge in [0.15, 0.2) is 0 Å². The van der Waals surface area contributed by atoms with E-state index in [4.69, 9.17) is 0 Å². The SMILES string of the molecule is CN(Cc1cc(C(F)(F)F)cc(C(F)(F)F)c1)C(=O)CC(c1ccc(F)cc1)C1(F)CCCN(C(=O)O)C1C(C)(C)C. The maximum atomic E-state index is 17.4. The average molecular weight is 609 g/mol. The lowest BCUT2D eigenvalue weighted by atomic mass is 9.64. The molecule has 2 aromatic carbocycles. The average Bonchev–Trinajstić information content (AvgIpc) is 2.85. The largest absolute Gasteiger partial charge is 0.465 e. The fraction of sp³-hybridized carbons (Fsp3) is 0.517. The molecule has 0 radical (unpaired) electrons. The molecule has 3 atom stereocenters. The quantitative estimate of drug-likeness (QED) is 0.340. The van der Waals surface area contributed by atoms with Gasteiger partial charge in [0.1, 0.15) is 11.5 Å². The number of alkyl halides is 7. The Balaban J connectivity index is 2.02. The number of carbonyl (C=O) groups excluding carboxylic acids is 1. The zero-order valence-electron chi connectivity index (χ0n) is 23.4. The van der Waals surface area contributed by atoms with Gasteiger partial charge in [-0.3, -0.25) is 4.79 Å². The number of piperidine rings is 1. The van der Waals surface area contributed by atoms with Crippen LogP contribution in [0.25, 0.3) is 0 Å². The Bertz CT molecular complexity index is 1260. The second kappa shape index (κ2) is 11.7. The number of nitrogens with zero attached hydrogens (tertiary/aromatic N) is 2. The molecule has 1 heterocycles. The molecule has 2 aromatic rings. The maximum Gasteiger partial charge on any atom is 0.416 e. The van der Waals surface area contributed by atoms with Crippen molar-refractivity contribution < 1.29 is 49.8 Å². The van der Waals surface area contributed by atoms with Crippen LogP contribution in [0.2, 0.25) is 0 Å². The summed E-state index contributed by atoms with van der Waals surface area (Å²) in [6.07, 6.45) is -12.1. The summed E-state index contributed by atoms with van der Waals surface area (Å²) in [5.41, 5.74) is -6.60. The van der Waals surface area contributed by atoms with Crippen LogP contribution in [0.3, 0.4) is 0 Å². The summed E-state index contributed by atoms with van der Waals surface area (Å²) in [5.74, 6) is -2.76. The highest BCUT2D eigenvalue weighted by molar-refractivity contribution is 5.77. The highest BCUT2D eigenvalue weighted by atomic mass is 19.4. The number of amides is 2. The minimum Gasteiger partial charge on any atom is -0.465 e. The molecular formula is C29H32F8N2O3. The van der Waals surface area contributed by atoms with Crippen molar-refractivity contribution in [1.82, 2.24) is 9.80 Å². The molecule has 0 saturated carbocycles. The van der Waals surface area contributed by atoms with Gasteiger partial charge in [0.2, 0.25) is 5.91 Å². The molecule has 3 rings (SSSR count). The van der Waals surface area contributed by atoms with Crippen molar-refractivity contribution in [2.75, 3.05) is 13.6 Å². The summed E-state index contributed by atoms with van der Waals surface area (Å²) >= 11 is 0. The summed E-state index contributed by atoms with van der Waals surface area (Å²) in [7, 11) is 1.16. The van der Waals surface area contributed by atoms with E-state index in [1.807, 2.05) is 0 Å². The van der Waals surface area contributed by atoms with Gasteiger partial charge in [0.05, 0.1) is 17.2 Å². The summed E-state index contributed by atoms with van der Waals surface area (Å²) in [6.45, 7) is 4.34. The van der Waals surface area contributed by atoms with Crippen molar-refractivity contribution >= 4 is 12.0 Å². The van der Waals surface area contributed by atoms with Gasteiger partial charge >= 0.3 is 18.4 Å². The zero-order valence-corrected chi connectivity index (χ0v) is 23.4. The van der Waals surface area contributed by atoms with E-state index in [-0.39, 0.29) is 31.0 Å². The topological polar surface area (TPSA) is 60.9 Å². The lowest BCUT2D eigenvalue weighted by molar-refractivity contribution is -0.143. The van der Waals surface area contributed by atoms with Gasteiger partial charge in [-0.05, 0) is 59.7 Å². The first-order valence-electron chi connectivity index (χ1n) is 13.1. The van der Waals surface area contributed by atoms with Gasteiger partial charge in [0.25, 0.3) is 0 Å². The molecule has 0 spiro atoms. The molecule has 13 heteroatoms. The molecule has 1 saturated heterocycles. The van der Waals surface area contributed by atoms with E-state index in [9.17, 15) is 45.4 Å². The highest BCUT2D eigenvalue weighted by Gasteiger charge is 2.57. The molecule has 42 heavy (non-hydrogen) atoms. The van der Waals surface area contributed by atoms with E-state index < -0.39 is 82.9 Å². The Labute approximate surface area is 238 Å². The fourth-order valence-electron chi connectivity index (χ4n) is 5.87. The number of likely N-dealkylation sites (tertiary alicyclic amines) is 1. The normalized spacial score (nSPS) is 20.8. The Morgan fingerprint density at radius 1 is 1.00 bits per heavy atom. The molecule has 1 aliphatic rings. The van der Waals surface area contributed by atoms with Crippen molar-refractivity contribution in [2.45, 2.75) is 76.6 Å². The standard InChI is InChI=1S/C29H32F8N2O3/c1-26(2,3)24-27(31,10-5-11-39(24)25(41)42)22(18-6-8-21(30)9-7-18)15-23(40)38(4)16-17-12-19(28(32,33)34)14-20(13-17)29(35,36)37/h6-9,12-14,22,24H,5,10-11,15-16H2,1-4H3,(H,41,42). The first-order chi connectivity index (χ1) is 19.1. The van der Waals surface area contributed by atoms with Crippen LogP contribution >= 0.6 is 0 Å². The van der Waals surface area contributed by atoms with E-state index in [0.29, 0.717) is 12.1 Å². The van der Waals surface area contributed by atoms with Gasteiger partial charge in [0, 0.05) is 32.5 Å². The van der Waals surface area contributed by atoms with E-state index in [1.165, 1.54) is 12.1 Å². The van der Waals surface area contributed by atoms with E-state index in [1.54, 1.807) is 20.8 Å². The maximum absolute atomic E-state index is 17.4. The van der Waals surface area contributed by atoms with E-state index in [0.717, 1.165) is 29.0 Å². The summed E-state index contributed by atoms with van der Waals surface area (Å²) in [4.78, 5) is 27.4. The third-order valence-electron chi connectivity index (χ3n) is 7.51. The van der Waals surface area contributed by atoms with Crippen LogP contribution in [0.5, 0.6) is 0 Å². The summed E-state index contributed by atoms with van der Waals surface area (Å²) in [6, 6.07) is 4.43. The van der Waals surface area contributed by atoms with Crippen LogP contribution in [0.15, 0.2) is 42.5 Å². The van der Waals surface area contributed by atoms with E-state index >= 15 is 4.39 Å². The fourth-order valence-corrected chi connectivity index (χ4v) is 5.87. The Morgan fingerprint density at radius 2 is 1.52 bits per heavy atom. The second-order valence-electron chi connectivity index (χ2n) is 11.7. The van der Waals surface area contributed by atoms with Crippen molar-refractivity contribution in [1.29, 1.82) is 0 Å². The minimum atomic E-state index is -5.08. The smallest absolute Gasteiger partial charge is 0.416 e. The number of carboxylic acid groups (broad SMARTS) is 1. The minimum absolute atomic E-state index is 0.0212. The predicted octanol–water partition coefficient (Wildman–Crippen LogP) is 7.89. The van der Waals surface area contributed by atoms with Crippen molar-refractivity contribution in [3.05, 3.63) is 70.5 Å². The molecule has 5 nitrogen and oxygen atoms in total. The van der Waals surface area contributed by atoms with Gasteiger partial charge < -0.3 is 14.9 Å². The number of rotatable bonds is 6. The van der Waals surface area contributed by atoms with Crippen LogP contribution in [0.1, 0.15) is 68.2 Å². The monoisotopic (exact) mass is 608 g/mol. The number of hydrogen-bond acceptors (Lipinski definition) is 2. The van der Waals surface area contributed by atoms with Crippen LogP contribution in [0.4, 0.5) is 39.9 Å². The molecule has 1 fully saturated rings. The number of benzene rings is 2. The Morgan fingerprint density at radius 3 is 1.98 bits per heavy atom. The van der Waals surface area contributed by atoms with Crippen molar-refractivity contribution in [3.63, 3.8) is 0 Å². The molecule has 3 unspecified atom stereocenters. The van der Waals surface area contributed by atoms with Gasteiger partial charge in [-0.25, -0.2) is 13.6 Å². The van der Waals surface area contributed by atoms with Crippen LogP contribution in [-0.4, -0.2) is 52.2 Å². The third kappa shape index (κ3) is 7.33. The molecule has 232 valence electrons. The summed E-state index contributed by atoms with van der Waals surface area (Å²) < 4.78 is 111. The van der Waals surface area contributed by atoms with Crippen LogP contribution in [-0.2, 0) is 23.7 Å². The van der Waals surface area contributed by atoms with Crippen molar-refractivity contribution in [3.8, 4) is 0 Å². The van der Waals surface area contributed by atoms with Gasteiger partial charge in [-0.1, -0.05) is 32.9 Å². The van der Waals surface area contributed by atoms with E-state index in [2.05, 4.69) is 0 Å². The molecule has 0 aromatic heterocycles. The molecule has 0 aliphatic carbocycles. The molecule has 1 N–H and O–H groups in total. The molecule has 1 aliphatic heterocycles. The summed E-state index contributed by atoms with van der Waals surface area (Å²) in [5, 5.41) is 9.86. The lowest BCUT2D eigenvalue weighted by Crippen LogP contribution is -2.63. The number of carbonyl (C=O) groups is 2. The lowest BCUT2D eigenvalue weighted by Gasteiger charge is -2.53. The molecular weight excluding hydrogens is 576 g/mol. The second-order valence-corrected chi connectivity index (χ2v) is 11.7. The Kier molecular flexibility index (Phi) is 9.24. The highest BCUT2D eigenvalue weighted by Crippen LogP contribution is 2.50. The van der Waals surface area contributed by atoms with Gasteiger partial charge in [-0.2, -0.15) is 26.3 Å². The first-order valence-corrected chi connectivity index (χ1v) is 13.1. The molecule has 2 amide bonds. The van der Waals surface area contributed by atoms with Crippen molar-refractivity contribution in [2.24, 2.45) is 5.41 Å². The van der Waals surface area contributed by atoms with Crippen LogP contribution in [0, 0.1) is 11.2 Å². The predicted molar refractivity (Wildman–Crippen MR) is 138 cm³/mol. The third-order valence-corrected chi connectivity index (χ3v) is 7.51. The van der Waals surface area contributed by atoms with Gasteiger partial charge in [-0.15, -0.1) is 0 Å². The zero-order chi connectivity index (χ0) is 31.8. The number of halogens is 8.